The van der Waals surface area contributed by atoms with Crippen LogP contribution < -0.4 is 15.2 Å². The zero-order valence-corrected chi connectivity index (χ0v) is 13.7. The summed E-state index contributed by atoms with van der Waals surface area (Å²) in [5.41, 5.74) is 9.81. The first kappa shape index (κ1) is 15.4. The number of hydrogen-bond donors (Lipinski definition) is 1. The third-order valence-electron chi connectivity index (χ3n) is 5.32. The summed E-state index contributed by atoms with van der Waals surface area (Å²) < 4.78 is 11.1. The number of benzene rings is 1. The van der Waals surface area contributed by atoms with Gasteiger partial charge in [0.05, 0.1) is 14.2 Å². The normalized spacial score (nSPS) is 22.0. The van der Waals surface area contributed by atoms with Crippen LogP contribution in [0, 0.1) is 11.8 Å². The second-order valence-electron chi connectivity index (χ2n) is 6.49. The van der Waals surface area contributed by atoms with Crippen molar-refractivity contribution in [2.75, 3.05) is 20.8 Å². The topological polar surface area (TPSA) is 44.5 Å². The monoisotopic (exact) mass is 301 g/mol. The third kappa shape index (κ3) is 2.74. The maximum absolute atomic E-state index is 6.03. The number of allylic oxidation sites excluding steroid dienone is 1. The van der Waals surface area contributed by atoms with Crippen LogP contribution in [0.25, 0.3) is 5.57 Å². The molecular weight excluding hydrogens is 274 g/mol. The molecule has 22 heavy (non-hydrogen) atoms. The molecule has 0 spiro atoms. The quantitative estimate of drug-likeness (QED) is 0.920. The molecule has 0 radical (unpaired) electrons. The van der Waals surface area contributed by atoms with E-state index in [1.807, 2.05) is 6.07 Å². The Morgan fingerprint density at radius 2 is 1.86 bits per heavy atom. The van der Waals surface area contributed by atoms with E-state index in [-0.39, 0.29) is 0 Å². The Hall–Kier alpha value is -1.48. The highest BCUT2D eigenvalue weighted by atomic mass is 16.5. The Balaban J connectivity index is 1.99. The molecular formula is C19H27NO2. The standard InChI is InChI=1S/C19H27NO2/c1-21-18-9-8-16-15(12-20)10-14(11-17(16)19(18)22-2)13-6-4-3-5-7-13/h8-10,13-14H,3-7,11-12,20H2,1-2H3. The summed E-state index contributed by atoms with van der Waals surface area (Å²) in [5.74, 6) is 3.09. The van der Waals surface area contributed by atoms with Crippen LogP contribution in [0.15, 0.2) is 18.2 Å². The van der Waals surface area contributed by atoms with E-state index in [9.17, 15) is 0 Å². The lowest BCUT2D eigenvalue weighted by atomic mass is 9.73. The fourth-order valence-electron chi connectivity index (χ4n) is 4.18. The SMILES string of the molecule is COc1ccc2c(c1OC)CC(C1CCCCC1)C=C2CN. The van der Waals surface area contributed by atoms with Gasteiger partial charge in [0.2, 0.25) is 0 Å². The largest absolute Gasteiger partial charge is 0.493 e. The molecule has 3 heteroatoms. The predicted molar refractivity (Wildman–Crippen MR) is 90.3 cm³/mol. The minimum absolute atomic E-state index is 0.589. The highest BCUT2D eigenvalue weighted by Gasteiger charge is 2.29. The summed E-state index contributed by atoms with van der Waals surface area (Å²) >= 11 is 0. The lowest BCUT2D eigenvalue weighted by molar-refractivity contribution is 0.280. The van der Waals surface area contributed by atoms with E-state index in [4.69, 9.17) is 15.2 Å². The molecule has 2 aliphatic rings. The summed E-state index contributed by atoms with van der Waals surface area (Å²) in [5, 5.41) is 0. The number of fused-ring (bicyclic) bond motifs is 1. The van der Waals surface area contributed by atoms with Crippen LogP contribution in [0.1, 0.15) is 43.2 Å². The first-order valence-corrected chi connectivity index (χ1v) is 8.43. The van der Waals surface area contributed by atoms with Crippen LogP contribution in [-0.4, -0.2) is 20.8 Å². The third-order valence-corrected chi connectivity index (χ3v) is 5.32. The molecule has 3 rings (SSSR count). The summed E-state index contributed by atoms with van der Waals surface area (Å²) in [7, 11) is 3.43. The average molecular weight is 301 g/mol. The maximum atomic E-state index is 6.03. The predicted octanol–water partition coefficient (Wildman–Crippen LogP) is 3.80. The van der Waals surface area contributed by atoms with Gasteiger partial charge in [-0.15, -0.1) is 0 Å². The van der Waals surface area contributed by atoms with Crippen LogP contribution >= 0.6 is 0 Å². The number of nitrogens with two attached hydrogens (primary N) is 1. The van der Waals surface area contributed by atoms with Crippen LogP contribution in [-0.2, 0) is 6.42 Å². The van der Waals surface area contributed by atoms with Gasteiger partial charge in [0.15, 0.2) is 11.5 Å². The van der Waals surface area contributed by atoms with E-state index in [2.05, 4.69) is 12.1 Å². The van der Waals surface area contributed by atoms with Crippen LogP contribution in [0.3, 0.4) is 0 Å². The molecule has 1 aromatic carbocycles. The van der Waals surface area contributed by atoms with Gasteiger partial charge in [0, 0.05) is 12.1 Å². The van der Waals surface area contributed by atoms with Gasteiger partial charge in [-0.1, -0.05) is 31.4 Å². The molecule has 0 aromatic heterocycles. The molecule has 2 aliphatic carbocycles. The lowest BCUT2D eigenvalue weighted by Gasteiger charge is -2.33. The molecule has 1 unspecified atom stereocenters. The lowest BCUT2D eigenvalue weighted by Crippen LogP contribution is -2.23. The molecule has 2 N–H and O–H groups in total. The van der Waals surface area contributed by atoms with Gasteiger partial charge < -0.3 is 15.2 Å². The molecule has 1 atom stereocenters. The zero-order valence-electron chi connectivity index (χ0n) is 13.7. The van der Waals surface area contributed by atoms with Crippen molar-refractivity contribution in [3.05, 3.63) is 29.3 Å². The molecule has 0 aliphatic heterocycles. The second kappa shape index (κ2) is 6.74. The van der Waals surface area contributed by atoms with Crippen molar-refractivity contribution in [1.82, 2.24) is 0 Å². The van der Waals surface area contributed by atoms with Crippen molar-refractivity contribution in [2.24, 2.45) is 17.6 Å². The van der Waals surface area contributed by atoms with Gasteiger partial charge >= 0.3 is 0 Å². The summed E-state index contributed by atoms with van der Waals surface area (Å²) in [4.78, 5) is 0. The van der Waals surface area contributed by atoms with Crippen LogP contribution in [0.4, 0.5) is 0 Å². The number of methoxy groups -OCH3 is 2. The second-order valence-corrected chi connectivity index (χ2v) is 6.49. The van der Waals surface area contributed by atoms with Crippen molar-refractivity contribution in [2.45, 2.75) is 38.5 Å². The van der Waals surface area contributed by atoms with Gasteiger partial charge in [0.25, 0.3) is 0 Å². The van der Waals surface area contributed by atoms with Crippen molar-refractivity contribution in [1.29, 1.82) is 0 Å². The fraction of sp³-hybridized carbons (Fsp3) is 0.579. The summed E-state index contributed by atoms with van der Waals surface area (Å²) in [6.45, 7) is 0.589. The van der Waals surface area contributed by atoms with E-state index in [1.165, 1.54) is 48.8 Å². The molecule has 0 amide bonds. The first-order chi connectivity index (χ1) is 10.8. The number of ether oxygens (including phenoxy) is 2. The Morgan fingerprint density at radius 1 is 1.09 bits per heavy atom. The number of hydrogen-bond acceptors (Lipinski definition) is 3. The highest BCUT2D eigenvalue weighted by Crippen LogP contribution is 2.44. The van der Waals surface area contributed by atoms with Gasteiger partial charge in [0.1, 0.15) is 0 Å². The van der Waals surface area contributed by atoms with Gasteiger partial charge in [-0.25, -0.2) is 0 Å². The minimum atomic E-state index is 0.589. The van der Waals surface area contributed by atoms with E-state index in [0.717, 1.165) is 23.8 Å². The molecule has 3 nitrogen and oxygen atoms in total. The molecule has 0 bridgehead atoms. The Bertz CT molecular complexity index is 559. The van der Waals surface area contributed by atoms with Crippen LogP contribution in [0.5, 0.6) is 11.5 Å². The van der Waals surface area contributed by atoms with E-state index in [0.29, 0.717) is 12.5 Å². The Kier molecular flexibility index (Phi) is 4.72. The Labute approximate surface area is 133 Å². The fourth-order valence-corrected chi connectivity index (χ4v) is 4.18. The maximum Gasteiger partial charge on any atom is 0.164 e. The number of rotatable bonds is 4. The average Bonchev–Trinajstić information content (AvgIpc) is 2.60. The zero-order chi connectivity index (χ0) is 15.5. The van der Waals surface area contributed by atoms with Crippen molar-refractivity contribution < 1.29 is 9.47 Å². The minimum Gasteiger partial charge on any atom is -0.493 e. The smallest absolute Gasteiger partial charge is 0.164 e. The van der Waals surface area contributed by atoms with Crippen LogP contribution in [0.2, 0.25) is 0 Å². The van der Waals surface area contributed by atoms with Gasteiger partial charge in [-0.2, -0.15) is 0 Å². The summed E-state index contributed by atoms with van der Waals surface area (Å²) in [6, 6.07) is 4.12. The van der Waals surface area contributed by atoms with E-state index in [1.54, 1.807) is 14.2 Å². The van der Waals surface area contributed by atoms with Crippen molar-refractivity contribution in [3.63, 3.8) is 0 Å². The van der Waals surface area contributed by atoms with E-state index >= 15 is 0 Å². The summed E-state index contributed by atoms with van der Waals surface area (Å²) in [6.07, 6.45) is 10.3. The molecule has 1 saturated carbocycles. The molecule has 0 saturated heterocycles. The van der Waals surface area contributed by atoms with Crippen molar-refractivity contribution in [3.8, 4) is 11.5 Å². The van der Waals surface area contributed by atoms with Gasteiger partial charge in [-0.3, -0.25) is 0 Å². The molecule has 0 heterocycles. The van der Waals surface area contributed by atoms with Gasteiger partial charge in [-0.05, 0) is 48.3 Å². The highest BCUT2D eigenvalue weighted by molar-refractivity contribution is 5.75. The molecule has 1 aromatic rings. The van der Waals surface area contributed by atoms with Crippen molar-refractivity contribution >= 4 is 5.57 Å². The Morgan fingerprint density at radius 3 is 2.50 bits per heavy atom. The first-order valence-electron chi connectivity index (χ1n) is 8.43. The van der Waals surface area contributed by atoms with E-state index < -0.39 is 0 Å². The molecule has 120 valence electrons. The molecule has 1 fully saturated rings.